The molecule has 3 fully saturated rings. The molecule has 9 heteroatoms. The number of hydrogen-bond acceptors (Lipinski definition) is 7. The first-order chi connectivity index (χ1) is 13.6. The Labute approximate surface area is 162 Å². The molecule has 28 heavy (non-hydrogen) atoms. The summed E-state index contributed by atoms with van der Waals surface area (Å²) in [6.07, 6.45) is 9.36. The van der Waals surface area contributed by atoms with Crippen LogP contribution in [0.2, 0.25) is 0 Å². The topological polar surface area (TPSA) is 120 Å². The van der Waals surface area contributed by atoms with Crippen LogP contribution in [0.5, 0.6) is 0 Å². The molecule has 2 aromatic rings. The number of nitriles is 1. The van der Waals surface area contributed by atoms with Crippen LogP contribution in [0.3, 0.4) is 0 Å². The Hall–Kier alpha value is -2.99. The summed E-state index contributed by atoms with van der Waals surface area (Å²) in [6, 6.07) is 3.98. The van der Waals surface area contributed by atoms with E-state index in [9.17, 15) is 15.2 Å². The van der Waals surface area contributed by atoms with Crippen molar-refractivity contribution in [3.05, 3.63) is 24.7 Å². The molecule has 1 saturated heterocycles. The third kappa shape index (κ3) is 2.56. The van der Waals surface area contributed by atoms with E-state index in [1.165, 1.54) is 0 Å². The van der Waals surface area contributed by atoms with E-state index >= 15 is 0 Å². The van der Waals surface area contributed by atoms with Crippen LogP contribution < -0.4 is 10.2 Å². The predicted molar refractivity (Wildman–Crippen MR) is 99.6 cm³/mol. The summed E-state index contributed by atoms with van der Waals surface area (Å²) in [6.45, 7) is 0.565. The minimum atomic E-state index is -0.886. The van der Waals surface area contributed by atoms with Crippen molar-refractivity contribution in [3.8, 4) is 6.07 Å². The molecule has 0 bridgehead atoms. The highest BCUT2D eigenvalue weighted by Gasteiger charge is 2.57. The molecule has 0 spiro atoms. The molecule has 0 unspecified atom stereocenters. The first kappa shape index (κ1) is 17.1. The number of anilines is 3. The molecule has 2 aromatic heterocycles. The minimum absolute atomic E-state index is 0.0683. The molecule has 3 heterocycles. The third-order valence-electron chi connectivity index (χ3n) is 6.19. The van der Waals surface area contributed by atoms with Gasteiger partial charge in [-0.2, -0.15) is 15.3 Å². The van der Waals surface area contributed by atoms with Crippen LogP contribution in [0.25, 0.3) is 0 Å². The van der Waals surface area contributed by atoms with Crippen LogP contribution in [-0.2, 0) is 10.3 Å². The number of nitrogens with one attached hydrogen (secondary N) is 1. The zero-order valence-electron chi connectivity index (χ0n) is 15.4. The van der Waals surface area contributed by atoms with E-state index < -0.39 is 5.41 Å². The van der Waals surface area contributed by atoms with E-state index in [0.717, 1.165) is 25.7 Å². The van der Waals surface area contributed by atoms with Gasteiger partial charge in [-0.25, -0.2) is 4.98 Å². The number of hydrogen-bond donors (Lipinski definition) is 2. The van der Waals surface area contributed by atoms with E-state index in [4.69, 9.17) is 0 Å². The Morgan fingerprint density at radius 1 is 1.36 bits per heavy atom. The van der Waals surface area contributed by atoms with E-state index in [2.05, 4.69) is 26.5 Å². The van der Waals surface area contributed by atoms with Crippen LogP contribution in [-0.4, -0.2) is 43.9 Å². The van der Waals surface area contributed by atoms with Gasteiger partial charge in [-0.05, 0) is 44.1 Å². The second kappa shape index (κ2) is 6.01. The highest BCUT2D eigenvalue weighted by Crippen LogP contribution is 2.51. The largest absolute Gasteiger partial charge is 0.394 e. The summed E-state index contributed by atoms with van der Waals surface area (Å²) >= 11 is 0. The van der Waals surface area contributed by atoms with E-state index in [1.807, 2.05) is 6.20 Å². The maximum absolute atomic E-state index is 12.9. The first-order valence-electron chi connectivity index (χ1n) is 9.60. The SMILES string of the molecule is N#C[C@@]1(C2CC2)CCN(c2ccnc(Nc3cnn(C4(CO)CC4)c3)n2)C1=O. The Bertz CT molecular complexity index is 973. The summed E-state index contributed by atoms with van der Waals surface area (Å²) in [7, 11) is 0. The van der Waals surface area contributed by atoms with Crippen LogP contribution in [0, 0.1) is 22.7 Å². The Morgan fingerprint density at radius 2 is 2.18 bits per heavy atom. The zero-order valence-corrected chi connectivity index (χ0v) is 15.4. The van der Waals surface area contributed by atoms with Gasteiger partial charge >= 0.3 is 0 Å². The van der Waals surface area contributed by atoms with Gasteiger partial charge in [-0.1, -0.05) is 0 Å². The molecular formula is C19H21N7O2. The number of carbonyl (C=O) groups is 1. The van der Waals surface area contributed by atoms with Gasteiger partial charge in [0.2, 0.25) is 11.9 Å². The fourth-order valence-corrected chi connectivity index (χ4v) is 4.05. The van der Waals surface area contributed by atoms with Gasteiger partial charge in [0, 0.05) is 18.9 Å². The van der Waals surface area contributed by atoms with Gasteiger partial charge in [0.1, 0.15) is 11.2 Å². The summed E-state index contributed by atoms with van der Waals surface area (Å²) in [5, 5.41) is 26.6. The molecule has 5 rings (SSSR count). The summed E-state index contributed by atoms with van der Waals surface area (Å²) in [5.74, 6) is 0.899. The average Bonchev–Trinajstić information content (AvgIpc) is 3.64. The smallest absolute Gasteiger partial charge is 0.248 e. The summed E-state index contributed by atoms with van der Waals surface area (Å²) < 4.78 is 1.78. The number of rotatable bonds is 6. The second-order valence-electron chi connectivity index (χ2n) is 7.98. The fraction of sp³-hybridized carbons (Fsp3) is 0.526. The fourth-order valence-electron chi connectivity index (χ4n) is 4.05. The Morgan fingerprint density at radius 3 is 2.86 bits per heavy atom. The zero-order chi connectivity index (χ0) is 19.4. The van der Waals surface area contributed by atoms with Crippen molar-refractivity contribution in [1.82, 2.24) is 19.7 Å². The maximum atomic E-state index is 12.9. The van der Waals surface area contributed by atoms with E-state index in [-0.39, 0.29) is 24.0 Å². The lowest BCUT2D eigenvalue weighted by Gasteiger charge is -2.20. The monoisotopic (exact) mass is 379 g/mol. The quantitative estimate of drug-likeness (QED) is 0.781. The van der Waals surface area contributed by atoms with Crippen molar-refractivity contribution in [2.24, 2.45) is 11.3 Å². The lowest BCUT2D eigenvalue weighted by atomic mass is 9.83. The molecule has 9 nitrogen and oxygen atoms in total. The molecule has 2 N–H and O–H groups in total. The predicted octanol–water partition coefficient (Wildman–Crippen LogP) is 1.55. The molecule has 2 saturated carbocycles. The second-order valence-corrected chi connectivity index (χ2v) is 7.98. The molecule has 2 aliphatic carbocycles. The van der Waals surface area contributed by atoms with Crippen molar-refractivity contribution in [3.63, 3.8) is 0 Å². The van der Waals surface area contributed by atoms with Crippen LogP contribution in [0.15, 0.2) is 24.7 Å². The summed E-state index contributed by atoms with van der Waals surface area (Å²) in [5.41, 5.74) is -0.440. The van der Waals surface area contributed by atoms with Crippen molar-refractivity contribution in [1.29, 1.82) is 5.26 Å². The Kier molecular flexibility index (Phi) is 3.67. The number of aliphatic hydroxyl groups excluding tert-OH is 1. The lowest BCUT2D eigenvalue weighted by molar-refractivity contribution is -0.123. The molecular weight excluding hydrogens is 358 g/mol. The number of nitrogens with zero attached hydrogens (tertiary/aromatic N) is 6. The normalized spacial score (nSPS) is 25.6. The summed E-state index contributed by atoms with van der Waals surface area (Å²) in [4.78, 5) is 23.3. The van der Waals surface area contributed by atoms with Crippen LogP contribution >= 0.6 is 0 Å². The third-order valence-corrected chi connectivity index (χ3v) is 6.19. The molecule has 1 atom stereocenters. The van der Waals surface area contributed by atoms with Crippen molar-refractivity contribution in [2.75, 3.05) is 23.4 Å². The maximum Gasteiger partial charge on any atom is 0.248 e. The molecule has 1 amide bonds. The Balaban J connectivity index is 1.35. The molecule has 0 aromatic carbocycles. The number of aromatic nitrogens is 4. The molecule has 0 radical (unpaired) electrons. The van der Waals surface area contributed by atoms with Crippen LogP contribution in [0.1, 0.15) is 32.1 Å². The molecule has 3 aliphatic rings. The number of amides is 1. The standard InChI is InChI=1S/C19H21N7O2/c20-11-19(13-1-2-13)6-8-25(16(19)28)15-3-7-21-17(24-15)23-14-9-22-26(10-14)18(12-27)4-5-18/h3,7,9-10,13,27H,1-2,4-6,8,12H2,(H,21,23,24)/t19-/m1/s1. The van der Waals surface area contributed by atoms with Gasteiger partial charge < -0.3 is 10.4 Å². The molecule has 144 valence electrons. The van der Waals surface area contributed by atoms with Gasteiger partial charge in [0.25, 0.3) is 0 Å². The van der Waals surface area contributed by atoms with Gasteiger partial charge in [0.05, 0.1) is 30.1 Å². The molecule has 1 aliphatic heterocycles. The first-order valence-corrected chi connectivity index (χ1v) is 9.60. The van der Waals surface area contributed by atoms with Gasteiger partial charge in [-0.15, -0.1) is 0 Å². The average molecular weight is 379 g/mol. The van der Waals surface area contributed by atoms with Crippen LogP contribution in [0.4, 0.5) is 17.5 Å². The van der Waals surface area contributed by atoms with E-state index in [1.54, 1.807) is 28.0 Å². The van der Waals surface area contributed by atoms with Gasteiger partial charge in [-0.3, -0.25) is 14.4 Å². The van der Waals surface area contributed by atoms with Crippen molar-refractivity contribution < 1.29 is 9.90 Å². The van der Waals surface area contributed by atoms with Crippen molar-refractivity contribution in [2.45, 2.75) is 37.6 Å². The number of carbonyl (C=O) groups excluding carboxylic acids is 1. The number of aliphatic hydroxyl groups is 1. The minimum Gasteiger partial charge on any atom is -0.394 e. The van der Waals surface area contributed by atoms with Crippen molar-refractivity contribution >= 4 is 23.4 Å². The highest BCUT2D eigenvalue weighted by molar-refractivity contribution is 6.01. The highest BCUT2D eigenvalue weighted by atomic mass is 16.3. The lowest BCUT2D eigenvalue weighted by Crippen LogP contribution is -2.35. The van der Waals surface area contributed by atoms with E-state index in [0.29, 0.717) is 30.4 Å². The van der Waals surface area contributed by atoms with Gasteiger partial charge in [0.15, 0.2) is 0 Å².